The first-order valence-corrected chi connectivity index (χ1v) is 9.85. The molecular formula is C21H23N3O4S. The molecule has 2 aromatic carbocycles. The number of amides is 2. The molecular weight excluding hydrogens is 390 g/mol. The average Bonchev–Trinajstić information content (AvgIpc) is 3.18. The lowest BCUT2D eigenvalue weighted by Gasteiger charge is -2.17. The predicted octanol–water partition coefficient (Wildman–Crippen LogP) is 3.99. The normalized spacial score (nSPS) is 11.6. The van der Waals surface area contributed by atoms with Crippen molar-refractivity contribution in [3.63, 3.8) is 0 Å². The van der Waals surface area contributed by atoms with E-state index in [9.17, 15) is 9.90 Å². The van der Waals surface area contributed by atoms with E-state index in [2.05, 4.69) is 15.6 Å². The van der Waals surface area contributed by atoms with Crippen LogP contribution in [0.5, 0.6) is 11.5 Å². The highest BCUT2D eigenvalue weighted by Crippen LogP contribution is 2.29. The van der Waals surface area contributed by atoms with Gasteiger partial charge < -0.3 is 25.2 Å². The molecule has 3 aromatic rings. The zero-order chi connectivity index (χ0) is 20.8. The highest BCUT2D eigenvalue weighted by Gasteiger charge is 2.16. The number of benzene rings is 2. The van der Waals surface area contributed by atoms with Crippen LogP contribution in [-0.4, -0.2) is 36.9 Å². The number of hydrogen-bond donors (Lipinski definition) is 3. The molecule has 0 spiro atoms. The Morgan fingerprint density at radius 2 is 1.93 bits per heavy atom. The lowest BCUT2D eigenvalue weighted by molar-refractivity contribution is 0.170. The van der Waals surface area contributed by atoms with Crippen molar-refractivity contribution in [2.24, 2.45) is 0 Å². The van der Waals surface area contributed by atoms with Gasteiger partial charge in [-0.25, -0.2) is 9.78 Å². The first-order valence-electron chi connectivity index (χ1n) is 8.97. The zero-order valence-electron chi connectivity index (χ0n) is 16.4. The fourth-order valence-electron chi connectivity index (χ4n) is 2.79. The molecule has 2 amide bonds. The summed E-state index contributed by atoms with van der Waals surface area (Å²) < 4.78 is 10.5. The molecule has 0 radical (unpaired) electrons. The maximum atomic E-state index is 12.2. The molecule has 3 N–H and O–H groups in total. The van der Waals surface area contributed by atoms with E-state index in [1.165, 1.54) is 7.11 Å². The molecule has 0 bridgehead atoms. The van der Waals surface area contributed by atoms with Gasteiger partial charge >= 0.3 is 6.03 Å². The van der Waals surface area contributed by atoms with E-state index in [4.69, 9.17) is 9.47 Å². The van der Waals surface area contributed by atoms with Crippen molar-refractivity contribution in [2.45, 2.75) is 13.0 Å². The molecule has 0 aliphatic heterocycles. The molecule has 1 aromatic heterocycles. The lowest BCUT2D eigenvalue weighted by Crippen LogP contribution is -2.32. The second-order valence-corrected chi connectivity index (χ2v) is 7.35. The Bertz CT molecular complexity index is 972. The van der Waals surface area contributed by atoms with Crippen molar-refractivity contribution in [2.75, 3.05) is 26.1 Å². The van der Waals surface area contributed by atoms with E-state index in [1.807, 2.05) is 36.6 Å². The summed E-state index contributed by atoms with van der Waals surface area (Å²) in [7, 11) is 3.07. The van der Waals surface area contributed by atoms with Crippen LogP contribution in [0.4, 0.5) is 10.5 Å². The van der Waals surface area contributed by atoms with Crippen LogP contribution in [0, 0.1) is 6.92 Å². The smallest absolute Gasteiger partial charge is 0.319 e. The third-order valence-corrected chi connectivity index (χ3v) is 5.08. The first kappa shape index (κ1) is 20.6. The average molecular weight is 413 g/mol. The van der Waals surface area contributed by atoms with Crippen LogP contribution in [0.2, 0.25) is 0 Å². The molecule has 0 fully saturated rings. The maximum Gasteiger partial charge on any atom is 0.319 e. The van der Waals surface area contributed by atoms with Crippen LogP contribution in [0.25, 0.3) is 11.3 Å². The summed E-state index contributed by atoms with van der Waals surface area (Å²) >= 11 is 1.59. The van der Waals surface area contributed by atoms with Crippen LogP contribution >= 0.6 is 11.3 Å². The van der Waals surface area contributed by atoms with Gasteiger partial charge in [0.1, 0.15) is 17.6 Å². The molecule has 1 unspecified atom stereocenters. The second kappa shape index (κ2) is 9.40. The summed E-state index contributed by atoms with van der Waals surface area (Å²) in [6, 6.07) is 12.1. The number of aliphatic hydroxyl groups excluding tert-OH is 1. The van der Waals surface area contributed by atoms with Gasteiger partial charge in [-0.2, -0.15) is 0 Å². The molecule has 8 heteroatoms. The van der Waals surface area contributed by atoms with Crippen LogP contribution in [-0.2, 0) is 0 Å². The fraction of sp³-hybridized carbons (Fsp3) is 0.238. The van der Waals surface area contributed by atoms with Gasteiger partial charge in [0.05, 0.1) is 24.9 Å². The number of nitrogens with one attached hydrogen (secondary N) is 2. The second-order valence-electron chi connectivity index (χ2n) is 6.29. The topological polar surface area (TPSA) is 92.7 Å². The molecule has 0 saturated heterocycles. The fourth-order valence-corrected chi connectivity index (χ4v) is 3.42. The molecule has 7 nitrogen and oxygen atoms in total. The number of urea groups is 1. The van der Waals surface area contributed by atoms with Crippen molar-refractivity contribution in [1.29, 1.82) is 0 Å². The Morgan fingerprint density at radius 1 is 1.17 bits per heavy atom. The Labute approximate surface area is 173 Å². The summed E-state index contributed by atoms with van der Waals surface area (Å²) in [6.45, 7) is 1.98. The number of aryl methyl sites for hydroxylation is 1. The summed E-state index contributed by atoms with van der Waals surface area (Å²) in [5.74, 6) is 1.12. The summed E-state index contributed by atoms with van der Waals surface area (Å²) in [5.41, 5.74) is 3.08. The molecule has 0 aliphatic rings. The Morgan fingerprint density at radius 3 is 2.55 bits per heavy atom. The zero-order valence-corrected chi connectivity index (χ0v) is 17.2. The molecule has 29 heavy (non-hydrogen) atoms. The SMILES string of the molecule is COc1ccc(OC)c(C(O)CNC(=O)Nc2ccc(-c3csc(C)n3)cc2)c1. The third kappa shape index (κ3) is 5.24. The minimum absolute atomic E-state index is 0.0194. The highest BCUT2D eigenvalue weighted by molar-refractivity contribution is 7.09. The number of nitrogens with zero attached hydrogens (tertiary/aromatic N) is 1. The van der Waals surface area contributed by atoms with Gasteiger partial charge in [-0.05, 0) is 37.3 Å². The van der Waals surface area contributed by atoms with Gasteiger partial charge in [0.2, 0.25) is 0 Å². The van der Waals surface area contributed by atoms with Crippen LogP contribution in [0.1, 0.15) is 16.7 Å². The van der Waals surface area contributed by atoms with Crippen molar-refractivity contribution in [3.05, 3.63) is 58.4 Å². The number of carbonyl (C=O) groups is 1. The van der Waals surface area contributed by atoms with Crippen LogP contribution in [0.15, 0.2) is 47.8 Å². The summed E-state index contributed by atoms with van der Waals surface area (Å²) in [5, 5.41) is 18.9. The minimum atomic E-state index is -0.943. The van der Waals surface area contributed by atoms with Crippen LogP contribution in [0.3, 0.4) is 0 Å². The number of thiazole rings is 1. The Balaban J connectivity index is 1.57. The Hall–Kier alpha value is -3.10. The molecule has 0 saturated carbocycles. The van der Waals surface area contributed by atoms with Crippen molar-refractivity contribution in [3.8, 4) is 22.8 Å². The molecule has 1 atom stereocenters. The standard InChI is InChI=1S/C21H23N3O4S/c1-13-23-18(12-29-13)14-4-6-15(7-5-14)24-21(26)22-11-19(25)17-10-16(27-2)8-9-20(17)28-3/h4-10,12,19,25H,11H2,1-3H3,(H2,22,24,26). The van der Waals surface area contributed by atoms with E-state index in [1.54, 1.807) is 36.6 Å². The number of aromatic nitrogens is 1. The van der Waals surface area contributed by atoms with Crippen molar-refractivity contribution >= 4 is 23.1 Å². The number of carbonyl (C=O) groups excluding carboxylic acids is 1. The molecule has 1 heterocycles. The third-order valence-electron chi connectivity index (χ3n) is 4.31. The van der Waals surface area contributed by atoms with E-state index in [-0.39, 0.29) is 6.54 Å². The molecule has 3 rings (SSSR count). The van der Waals surface area contributed by atoms with Gasteiger partial charge in [-0.1, -0.05) is 12.1 Å². The Kier molecular flexibility index (Phi) is 6.69. The van der Waals surface area contributed by atoms with Gasteiger partial charge in [-0.3, -0.25) is 0 Å². The van der Waals surface area contributed by atoms with E-state index in [0.717, 1.165) is 16.3 Å². The van der Waals surface area contributed by atoms with Gasteiger partial charge in [0, 0.05) is 28.7 Å². The summed E-state index contributed by atoms with van der Waals surface area (Å²) in [4.78, 5) is 16.6. The van der Waals surface area contributed by atoms with Gasteiger partial charge in [-0.15, -0.1) is 11.3 Å². The van der Waals surface area contributed by atoms with Crippen LogP contribution < -0.4 is 20.1 Å². The number of anilines is 1. The minimum Gasteiger partial charge on any atom is -0.497 e. The van der Waals surface area contributed by atoms with E-state index < -0.39 is 12.1 Å². The van der Waals surface area contributed by atoms with E-state index >= 15 is 0 Å². The quantitative estimate of drug-likeness (QED) is 0.545. The first-order chi connectivity index (χ1) is 14.0. The number of ether oxygens (including phenoxy) is 2. The molecule has 0 aliphatic carbocycles. The summed E-state index contributed by atoms with van der Waals surface area (Å²) in [6.07, 6.45) is -0.943. The van der Waals surface area contributed by atoms with Crippen molar-refractivity contribution < 1.29 is 19.4 Å². The number of methoxy groups -OCH3 is 2. The lowest BCUT2D eigenvalue weighted by atomic mass is 10.1. The van der Waals surface area contributed by atoms with Gasteiger partial charge in [0.15, 0.2) is 0 Å². The number of rotatable bonds is 7. The number of hydrogen-bond acceptors (Lipinski definition) is 6. The van der Waals surface area contributed by atoms with Gasteiger partial charge in [0.25, 0.3) is 0 Å². The van der Waals surface area contributed by atoms with Crippen molar-refractivity contribution in [1.82, 2.24) is 10.3 Å². The largest absolute Gasteiger partial charge is 0.497 e. The number of aliphatic hydroxyl groups is 1. The van der Waals surface area contributed by atoms with E-state index in [0.29, 0.717) is 22.7 Å². The monoisotopic (exact) mass is 413 g/mol. The predicted molar refractivity (Wildman–Crippen MR) is 114 cm³/mol. The highest BCUT2D eigenvalue weighted by atomic mass is 32.1. The molecule has 152 valence electrons. The maximum absolute atomic E-state index is 12.2.